The van der Waals surface area contributed by atoms with Crippen molar-refractivity contribution in [2.45, 2.75) is 6.92 Å². The Balaban J connectivity index is 1.96. The minimum atomic E-state index is -0.728. The van der Waals surface area contributed by atoms with Crippen molar-refractivity contribution in [1.29, 1.82) is 0 Å². The number of non-ortho nitro benzene ring substituents is 1. The number of halogens is 1. The summed E-state index contributed by atoms with van der Waals surface area (Å²) in [7, 11) is 0. The first-order chi connectivity index (χ1) is 13.9. The van der Waals surface area contributed by atoms with Crippen LogP contribution in [0.4, 0.5) is 17.1 Å². The number of nitro groups is 2. The summed E-state index contributed by atoms with van der Waals surface area (Å²) in [6, 6.07) is 15.4. The van der Waals surface area contributed by atoms with E-state index in [4.69, 9.17) is 16.3 Å². The van der Waals surface area contributed by atoms with Crippen LogP contribution in [0.5, 0.6) is 11.5 Å². The molecule has 29 heavy (non-hydrogen) atoms. The molecule has 0 spiro atoms. The van der Waals surface area contributed by atoms with Gasteiger partial charge in [0.2, 0.25) is 5.75 Å². The first-order valence-corrected chi connectivity index (χ1v) is 8.73. The van der Waals surface area contributed by atoms with E-state index in [-0.39, 0.29) is 5.75 Å². The van der Waals surface area contributed by atoms with Crippen molar-refractivity contribution in [2.75, 3.05) is 0 Å². The lowest BCUT2D eigenvalue weighted by Crippen LogP contribution is -1.97. The van der Waals surface area contributed by atoms with Crippen LogP contribution in [0.1, 0.15) is 11.1 Å². The molecule has 3 rings (SSSR count). The van der Waals surface area contributed by atoms with Crippen LogP contribution >= 0.6 is 11.6 Å². The van der Waals surface area contributed by atoms with Gasteiger partial charge in [0.05, 0.1) is 21.6 Å². The highest BCUT2D eigenvalue weighted by Crippen LogP contribution is 2.35. The molecule has 3 aromatic rings. The third-order valence-corrected chi connectivity index (χ3v) is 4.48. The number of rotatable bonds is 6. The zero-order chi connectivity index (χ0) is 21.0. The molecule has 0 aliphatic rings. The molecule has 0 N–H and O–H groups in total. The van der Waals surface area contributed by atoms with Gasteiger partial charge in [0.25, 0.3) is 5.69 Å². The lowest BCUT2D eigenvalue weighted by molar-refractivity contribution is -0.394. The molecule has 8 nitrogen and oxygen atoms in total. The summed E-state index contributed by atoms with van der Waals surface area (Å²) in [4.78, 5) is 25.2. The van der Waals surface area contributed by atoms with Gasteiger partial charge < -0.3 is 4.74 Å². The molecule has 0 heterocycles. The average molecular weight is 412 g/mol. The van der Waals surface area contributed by atoms with Crippen LogP contribution in [0.15, 0.2) is 65.7 Å². The lowest BCUT2D eigenvalue weighted by atomic mass is 10.2. The van der Waals surface area contributed by atoms with Crippen LogP contribution in [0.3, 0.4) is 0 Å². The van der Waals surface area contributed by atoms with Crippen LogP contribution in [0.25, 0.3) is 0 Å². The van der Waals surface area contributed by atoms with E-state index in [0.29, 0.717) is 22.0 Å². The van der Waals surface area contributed by atoms with E-state index in [2.05, 4.69) is 4.99 Å². The van der Waals surface area contributed by atoms with Crippen molar-refractivity contribution in [3.05, 3.63) is 97.0 Å². The third-order valence-electron chi connectivity index (χ3n) is 4.07. The van der Waals surface area contributed by atoms with Gasteiger partial charge in [-0.3, -0.25) is 25.2 Å². The van der Waals surface area contributed by atoms with E-state index >= 15 is 0 Å². The number of benzene rings is 3. The van der Waals surface area contributed by atoms with E-state index in [1.807, 2.05) is 13.0 Å². The molecule has 0 unspecified atom stereocenters. The zero-order valence-corrected chi connectivity index (χ0v) is 15.9. The average Bonchev–Trinajstić information content (AvgIpc) is 2.70. The molecular weight excluding hydrogens is 398 g/mol. The second kappa shape index (κ2) is 8.49. The number of hydrogen-bond acceptors (Lipinski definition) is 6. The number of ether oxygens (including phenoxy) is 1. The Morgan fingerprint density at radius 1 is 0.966 bits per heavy atom. The van der Waals surface area contributed by atoms with E-state index < -0.39 is 21.2 Å². The zero-order valence-electron chi connectivity index (χ0n) is 15.1. The van der Waals surface area contributed by atoms with Gasteiger partial charge >= 0.3 is 5.69 Å². The van der Waals surface area contributed by atoms with Gasteiger partial charge in [0, 0.05) is 22.9 Å². The van der Waals surface area contributed by atoms with E-state index in [1.165, 1.54) is 6.07 Å². The van der Waals surface area contributed by atoms with Crippen LogP contribution in [0, 0.1) is 27.2 Å². The summed E-state index contributed by atoms with van der Waals surface area (Å²) in [5, 5.41) is 22.8. The second-order valence-electron chi connectivity index (χ2n) is 5.95. The minimum Gasteiger partial charge on any atom is -0.449 e. The summed E-state index contributed by atoms with van der Waals surface area (Å²) < 4.78 is 5.70. The van der Waals surface area contributed by atoms with Gasteiger partial charge in [-0.2, -0.15) is 0 Å². The smallest absolute Gasteiger partial charge is 0.318 e. The Kier molecular flexibility index (Phi) is 5.85. The molecule has 0 aliphatic carbocycles. The maximum absolute atomic E-state index is 11.3. The fourth-order valence-electron chi connectivity index (χ4n) is 2.52. The van der Waals surface area contributed by atoms with Crippen molar-refractivity contribution < 1.29 is 14.6 Å². The number of aliphatic imine (C=N–C) groups is 1. The topological polar surface area (TPSA) is 108 Å². The highest BCUT2D eigenvalue weighted by Gasteiger charge is 2.21. The predicted molar refractivity (Wildman–Crippen MR) is 110 cm³/mol. The Morgan fingerprint density at radius 2 is 1.72 bits per heavy atom. The van der Waals surface area contributed by atoms with Gasteiger partial charge in [-0.05, 0) is 42.8 Å². The molecule has 0 bridgehead atoms. The van der Waals surface area contributed by atoms with Crippen molar-refractivity contribution >= 4 is 34.9 Å². The molecule has 0 fully saturated rings. The largest absolute Gasteiger partial charge is 0.449 e. The summed E-state index contributed by atoms with van der Waals surface area (Å²) in [5.74, 6) is 0.202. The summed E-state index contributed by atoms with van der Waals surface area (Å²) in [6.45, 7) is 1.84. The summed E-state index contributed by atoms with van der Waals surface area (Å²) >= 11 is 6.11. The number of nitrogens with zero attached hydrogens (tertiary/aromatic N) is 3. The summed E-state index contributed by atoms with van der Waals surface area (Å²) in [6.07, 6.45) is 1.56. The van der Waals surface area contributed by atoms with Crippen molar-refractivity contribution in [3.63, 3.8) is 0 Å². The molecule has 0 saturated carbocycles. The lowest BCUT2D eigenvalue weighted by Gasteiger charge is -2.09. The SMILES string of the molecule is Cc1c(Cl)cccc1N=Cc1ccccc1Oc1ccc([N+](=O)[O-])cc1[N+](=O)[O-]. The third kappa shape index (κ3) is 4.56. The quantitative estimate of drug-likeness (QED) is 0.280. The summed E-state index contributed by atoms with van der Waals surface area (Å²) in [5.41, 5.74) is 1.16. The van der Waals surface area contributed by atoms with Gasteiger partial charge in [0.15, 0.2) is 0 Å². The maximum atomic E-state index is 11.3. The van der Waals surface area contributed by atoms with E-state index in [9.17, 15) is 20.2 Å². The fourth-order valence-corrected chi connectivity index (χ4v) is 2.69. The van der Waals surface area contributed by atoms with Gasteiger partial charge in [-0.1, -0.05) is 29.8 Å². The number of nitro benzene ring substituents is 2. The first-order valence-electron chi connectivity index (χ1n) is 8.35. The van der Waals surface area contributed by atoms with Gasteiger partial charge in [-0.25, -0.2) is 0 Å². The Hall–Kier alpha value is -3.78. The molecule has 0 aromatic heterocycles. The van der Waals surface area contributed by atoms with Crippen LogP contribution < -0.4 is 4.74 Å². The molecule has 9 heteroatoms. The standard InChI is InChI=1S/C20H14ClN3O5/c1-13-16(21)6-4-7-17(13)22-12-14-5-2-3-8-19(14)29-20-10-9-15(23(25)26)11-18(20)24(27)28/h2-12H,1H3. The normalized spacial score (nSPS) is 10.8. The molecule has 3 aromatic carbocycles. The number of para-hydroxylation sites is 1. The fraction of sp³-hybridized carbons (Fsp3) is 0.0500. The molecule has 0 atom stereocenters. The van der Waals surface area contributed by atoms with Crippen LogP contribution in [-0.2, 0) is 0 Å². The van der Waals surface area contributed by atoms with Crippen LogP contribution in [0.2, 0.25) is 5.02 Å². The Labute approximate surface area is 170 Å². The highest BCUT2D eigenvalue weighted by atomic mass is 35.5. The van der Waals surface area contributed by atoms with Crippen molar-refractivity contribution in [1.82, 2.24) is 0 Å². The molecule has 0 amide bonds. The van der Waals surface area contributed by atoms with E-state index in [1.54, 1.807) is 42.6 Å². The highest BCUT2D eigenvalue weighted by molar-refractivity contribution is 6.31. The van der Waals surface area contributed by atoms with Crippen LogP contribution in [-0.4, -0.2) is 16.1 Å². The Morgan fingerprint density at radius 3 is 2.45 bits per heavy atom. The second-order valence-corrected chi connectivity index (χ2v) is 6.36. The molecule has 0 aliphatic heterocycles. The maximum Gasteiger partial charge on any atom is 0.318 e. The molecule has 146 valence electrons. The molecule has 0 radical (unpaired) electrons. The Bertz CT molecular complexity index is 1130. The first kappa shape index (κ1) is 20.0. The van der Waals surface area contributed by atoms with E-state index in [0.717, 1.165) is 17.7 Å². The minimum absolute atomic E-state index is 0.111. The van der Waals surface area contributed by atoms with Crippen molar-refractivity contribution in [3.8, 4) is 11.5 Å². The molecule has 0 saturated heterocycles. The van der Waals surface area contributed by atoms with Gasteiger partial charge in [-0.15, -0.1) is 0 Å². The predicted octanol–water partition coefficient (Wildman–Crippen LogP) is 6.01. The van der Waals surface area contributed by atoms with Crippen molar-refractivity contribution in [2.24, 2.45) is 4.99 Å². The van der Waals surface area contributed by atoms with Gasteiger partial charge in [0.1, 0.15) is 5.75 Å². The number of hydrogen-bond donors (Lipinski definition) is 0. The molecular formula is C20H14ClN3O5. The monoisotopic (exact) mass is 411 g/mol.